The first-order valence-corrected chi connectivity index (χ1v) is 9.18. The molecular weight excluding hydrogens is 370 g/mol. The highest BCUT2D eigenvalue weighted by Gasteiger charge is 2.14. The summed E-state index contributed by atoms with van der Waals surface area (Å²) in [6.07, 6.45) is 1.54. The molecule has 0 aliphatic rings. The number of aromatic nitrogens is 3. The summed E-state index contributed by atoms with van der Waals surface area (Å²) in [6, 6.07) is 11.7. The van der Waals surface area contributed by atoms with Gasteiger partial charge in [-0.3, -0.25) is 0 Å². The van der Waals surface area contributed by atoms with E-state index in [1.165, 1.54) is 5.56 Å². The molecule has 3 rings (SSSR count). The monoisotopic (exact) mass is 395 g/mol. The predicted molar refractivity (Wildman–Crippen MR) is 113 cm³/mol. The fourth-order valence-corrected chi connectivity index (χ4v) is 2.95. The molecule has 3 aromatic rings. The summed E-state index contributed by atoms with van der Waals surface area (Å²) in [6.45, 7) is 4.28. The second-order valence-electron chi connectivity index (χ2n) is 6.57. The minimum atomic E-state index is 0.368. The number of methoxy groups -OCH3 is 3. The number of hydrogen-bond acceptors (Lipinski definition) is 8. The van der Waals surface area contributed by atoms with Gasteiger partial charge in [-0.15, -0.1) is 5.10 Å². The van der Waals surface area contributed by atoms with Crippen molar-refractivity contribution in [3.05, 3.63) is 48.2 Å². The number of anilines is 4. The van der Waals surface area contributed by atoms with Crippen molar-refractivity contribution in [3.63, 3.8) is 0 Å². The molecule has 0 saturated carbocycles. The van der Waals surface area contributed by atoms with Gasteiger partial charge in [-0.2, -0.15) is 10.1 Å². The lowest BCUT2D eigenvalue weighted by molar-refractivity contribution is 0.324. The Hall–Kier alpha value is -3.55. The number of para-hydroxylation sites is 1. The van der Waals surface area contributed by atoms with Gasteiger partial charge >= 0.3 is 0 Å². The van der Waals surface area contributed by atoms with E-state index in [2.05, 4.69) is 45.7 Å². The maximum atomic E-state index is 5.39. The molecule has 0 bridgehead atoms. The Kier molecular flexibility index (Phi) is 6.33. The van der Waals surface area contributed by atoms with Crippen LogP contribution < -0.4 is 24.8 Å². The molecule has 0 spiro atoms. The lowest BCUT2D eigenvalue weighted by Crippen LogP contribution is -2.05. The van der Waals surface area contributed by atoms with Gasteiger partial charge in [0.05, 0.1) is 27.5 Å². The third kappa shape index (κ3) is 4.66. The van der Waals surface area contributed by atoms with Crippen LogP contribution in [0.5, 0.6) is 17.2 Å². The number of nitrogens with one attached hydrogen (secondary N) is 2. The predicted octanol–water partition coefficient (Wildman–Crippen LogP) is 4.51. The van der Waals surface area contributed by atoms with Crippen LogP contribution in [0.1, 0.15) is 25.3 Å². The van der Waals surface area contributed by atoms with Crippen LogP contribution in [0.3, 0.4) is 0 Å². The standard InChI is InChI=1S/C21H25N5O3/c1-13(2)15-8-6-7-9-16(15)24-21-25-19(12-22-26-21)23-14-10-17(27-3)20(29-5)18(11-14)28-4/h6-13H,1-5H3,(H2,23,24,25,26). The highest BCUT2D eigenvalue weighted by molar-refractivity contribution is 5.67. The number of rotatable bonds is 8. The van der Waals surface area contributed by atoms with Gasteiger partial charge < -0.3 is 24.8 Å². The SMILES string of the molecule is COc1cc(Nc2cnnc(Nc3ccccc3C(C)C)n2)cc(OC)c1OC. The van der Waals surface area contributed by atoms with Crippen LogP contribution in [0.25, 0.3) is 0 Å². The van der Waals surface area contributed by atoms with Crippen molar-refractivity contribution in [2.24, 2.45) is 0 Å². The molecular formula is C21H25N5O3. The van der Waals surface area contributed by atoms with Crippen LogP contribution in [-0.4, -0.2) is 36.5 Å². The van der Waals surface area contributed by atoms with E-state index in [1.54, 1.807) is 39.7 Å². The zero-order chi connectivity index (χ0) is 20.8. The van der Waals surface area contributed by atoms with E-state index in [0.29, 0.717) is 40.6 Å². The molecule has 29 heavy (non-hydrogen) atoms. The summed E-state index contributed by atoms with van der Waals surface area (Å²) in [5.41, 5.74) is 2.85. The Morgan fingerprint density at radius 3 is 2.21 bits per heavy atom. The van der Waals surface area contributed by atoms with Crippen molar-refractivity contribution in [1.82, 2.24) is 15.2 Å². The molecule has 8 heteroatoms. The summed E-state index contributed by atoms with van der Waals surface area (Å²) in [5, 5.41) is 14.6. The summed E-state index contributed by atoms with van der Waals surface area (Å²) in [4.78, 5) is 4.51. The van der Waals surface area contributed by atoms with Crippen molar-refractivity contribution < 1.29 is 14.2 Å². The van der Waals surface area contributed by atoms with E-state index >= 15 is 0 Å². The number of ether oxygens (including phenoxy) is 3. The Morgan fingerprint density at radius 1 is 0.897 bits per heavy atom. The molecule has 0 saturated heterocycles. The Morgan fingerprint density at radius 2 is 1.59 bits per heavy atom. The Bertz CT molecular complexity index is 953. The summed E-state index contributed by atoms with van der Waals surface area (Å²) < 4.78 is 16.1. The topological polar surface area (TPSA) is 90.4 Å². The third-order valence-electron chi connectivity index (χ3n) is 4.33. The van der Waals surface area contributed by atoms with Gasteiger partial charge in [-0.05, 0) is 17.5 Å². The van der Waals surface area contributed by atoms with Crippen LogP contribution in [0.15, 0.2) is 42.6 Å². The number of benzene rings is 2. The average Bonchev–Trinajstić information content (AvgIpc) is 2.73. The van der Waals surface area contributed by atoms with E-state index in [9.17, 15) is 0 Å². The van der Waals surface area contributed by atoms with Crippen LogP contribution in [0, 0.1) is 0 Å². The fraction of sp³-hybridized carbons (Fsp3) is 0.286. The van der Waals surface area contributed by atoms with Gasteiger partial charge in [0.15, 0.2) is 17.3 Å². The molecule has 2 N–H and O–H groups in total. The molecule has 0 radical (unpaired) electrons. The van der Waals surface area contributed by atoms with E-state index in [4.69, 9.17) is 14.2 Å². The molecule has 0 fully saturated rings. The first-order chi connectivity index (χ1) is 14.0. The minimum absolute atomic E-state index is 0.368. The summed E-state index contributed by atoms with van der Waals surface area (Å²) >= 11 is 0. The molecule has 0 aliphatic heterocycles. The fourth-order valence-electron chi connectivity index (χ4n) is 2.95. The normalized spacial score (nSPS) is 10.6. The van der Waals surface area contributed by atoms with Gasteiger partial charge in [0.25, 0.3) is 0 Å². The molecule has 0 amide bonds. The molecule has 0 atom stereocenters. The van der Waals surface area contributed by atoms with Crippen LogP contribution in [0.4, 0.5) is 23.1 Å². The zero-order valence-corrected chi connectivity index (χ0v) is 17.2. The van der Waals surface area contributed by atoms with Gasteiger partial charge in [0.2, 0.25) is 11.7 Å². The average molecular weight is 395 g/mol. The molecule has 2 aromatic carbocycles. The number of hydrogen-bond donors (Lipinski definition) is 2. The summed E-state index contributed by atoms with van der Waals surface area (Å²) in [7, 11) is 4.71. The Balaban J connectivity index is 1.86. The lowest BCUT2D eigenvalue weighted by Gasteiger charge is -2.15. The zero-order valence-electron chi connectivity index (χ0n) is 17.2. The number of nitrogens with zero attached hydrogens (tertiary/aromatic N) is 3. The largest absolute Gasteiger partial charge is 0.493 e. The maximum absolute atomic E-state index is 5.39. The van der Waals surface area contributed by atoms with Crippen LogP contribution in [0.2, 0.25) is 0 Å². The molecule has 1 heterocycles. The molecule has 1 aromatic heterocycles. The molecule has 0 unspecified atom stereocenters. The van der Waals surface area contributed by atoms with Crippen LogP contribution in [-0.2, 0) is 0 Å². The molecule has 8 nitrogen and oxygen atoms in total. The van der Waals surface area contributed by atoms with Gasteiger partial charge in [-0.25, -0.2) is 0 Å². The maximum Gasteiger partial charge on any atom is 0.249 e. The van der Waals surface area contributed by atoms with Crippen LogP contribution >= 0.6 is 0 Å². The van der Waals surface area contributed by atoms with Crippen molar-refractivity contribution in [3.8, 4) is 17.2 Å². The van der Waals surface area contributed by atoms with Crippen molar-refractivity contribution in [2.75, 3.05) is 32.0 Å². The second kappa shape index (κ2) is 9.09. The first kappa shape index (κ1) is 20.2. The lowest BCUT2D eigenvalue weighted by atomic mass is 10.0. The van der Waals surface area contributed by atoms with E-state index in [0.717, 1.165) is 5.69 Å². The van der Waals surface area contributed by atoms with Crippen molar-refractivity contribution in [1.29, 1.82) is 0 Å². The van der Waals surface area contributed by atoms with Gasteiger partial charge in [-0.1, -0.05) is 32.0 Å². The van der Waals surface area contributed by atoms with Crippen molar-refractivity contribution >= 4 is 23.1 Å². The van der Waals surface area contributed by atoms with Gasteiger partial charge in [0.1, 0.15) is 0 Å². The quantitative estimate of drug-likeness (QED) is 0.576. The van der Waals surface area contributed by atoms with E-state index in [-0.39, 0.29) is 0 Å². The first-order valence-electron chi connectivity index (χ1n) is 9.18. The Labute approximate surface area is 170 Å². The van der Waals surface area contributed by atoms with Gasteiger partial charge in [0, 0.05) is 23.5 Å². The van der Waals surface area contributed by atoms with Crippen molar-refractivity contribution in [2.45, 2.75) is 19.8 Å². The molecule has 152 valence electrons. The van der Waals surface area contributed by atoms with E-state index < -0.39 is 0 Å². The third-order valence-corrected chi connectivity index (χ3v) is 4.33. The summed E-state index contributed by atoms with van der Waals surface area (Å²) in [5.74, 6) is 2.90. The smallest absolute Gasteiger partial charge is 0.249 e. The minimum Gasteiger partial charge on any atom is -0.493 e. The van der Waals surface area contributed by atoms with E-state index in [1.807, 2.05) is 18.2 Å². The molecule has 0 aliphatic carbocycles. The second-order valence-corrected chi connectivity index (χ2v) is 6.57. The highest BCUT2D eigenvalue weighted by Crippen LogP contribution is 2.40. The highest BCUT2D eigenvalue weighted by atomic mass is 16.5.